The number of hydrogen-bond acceptors (Lipinski definition) is 7. The van der Waals surface area contributed by atoms with Gasteiger partial charge in [0.05, 0.1) is 11.4 Å². The van der Waals surface area contributed by atoms with E-state index in [1.54, 1.807) is 0 Å². The van der Waals surface area contributed by atoms with Crippen LogP contribution >= 0.6 is 11.6 Å². The monoisotopic (exact) mass is 575 g/mol. The van der Waals surface area contributed by atoms with Crippen molar-refractivity contribution < 1.29 is 66.5 Å². The van der Waals surface area contributed by atoms with Crippen LogP contribution in [0.3, 0.4) is 0 Å². The van der Waals surface area contributed by atoms with Gasteiger partial charge < -0.3 is 24.3 Å². The van der Waals surface area contributed by atoms with Crippen LogP contribution in [-0.4, -0.2) is 22.2 Å². The predicted octanol–water partition coefficient (Wildman–Crippen LogP) is 2.78. The molecule has 39 heavy (non-hydrogen) atoms. The number of halogens is 4. The summed E-state index contributed by atoms with van der Waals surface area (Å²) < 4.78 is 54.3. The van der Waals surface area contributed by atoms with E-state index < -0.39 is 40.7 Å². The predicted molar refractivity (Wildman–Crippen MR) is 129 cm³/mol. The van der Waals surface area contributed by atoms with Crippen LogP contribution in [-0.2, 0) is 15.5 Å². The molecule has 3 aromatic rings. The minimum atomic E-state index is -3.31. The van der Waals surface area contributed by atoms with E-state index in [0.717, 1.165) is 25.0 Å². The van der Waals surface area contributed by atoms with Gasteiger partial charge in [0.15, 0.2) is 11.5 Å². The molecular formula is C26H26ClF3N3NaO5. The molecule has 13 heteroatoms. The first-order chi connectivity index (χ1) is 17.8. The summed E-state index contributed by atoms with van der Waals surface area (Å²) in [5, 5.41) is 21.7. The summed E-state index contributed by atoms with van der Waals surface area (Å²) in [6, 6.07) is 4.88. The number of aromatic nitrogens is 2. The molecule has 1 saturated carbocycles. The zero-order chi connectivity index (χ0) is 27.8. The van der Waals surface area contributed by atoms with Crippen molar-refractivity contribution >= 4 is 29.2 Å². The fraction of sp³-hybridized carbons (Fsp3) is 0.462. The minimum Gasteiger partial charge on any atom is -0.550 e. The van der Waals surface area contributed by atoms with Gasteiger partial charge in [-0.25, -0.2) is 4.39 Å². The molecule has 0 bridgehead atoms. The van der Waals surface area contributed by atoms with Gasteiger partial charge in [-0.1, -0.05) is 42.7 Å². The number of aliphatic carboxylic acids is 1. The van der Waals surface area contributed by atoms with Crippen LogP contribution in [0.5, 0.6) is 0 Å². The molecule has 4 rings (SSSR count). The number of alkyl halides is 2. The van der Waals surface area contributed by atoms with E-state index in [4.69, 9.17) is 20.6 Å². The Labute approximate surface area is 249 Å². The Bertz CT molecular complexity index is 1350. The first kappa shape index (κ1) is 31.2. The van der Waals surface area contributed by atoms with E-state index in [2.05, 4.69) is 15.6 Å². The van der Waals surface area contributed by atoms with E-state index in [-0.39, 0.29) is 76.9 Å². The molecule has 0 aliphatic heterocycles. The van der Waals surface area contributed by atoms with Gasteiger partial charge in [-0.05, 0) is 49.8 Å². The number of carboxylic acid groups (broad SMARTS) is 1. The summed E-state index contributed by atoms with van der Waals surface area (Å²) in [7, 11) is 0. The van der Waals surface area contributed by atoms with Crippen molar-refractivity contribution in [2.24, 2.45) is 5.41 Å². The van der Waals surface area contributed by atoms with Crippen molar-refractivity contribution in [2.45, 2.75) is 70.6 Å². The first-order valence-corrected chi connectivity index (χ1v) is 12.4. The van der Waals surface area contributed by atoms with E-state index >= 15 is 0 Å². The summed E-state index contributed by atoms with van der Waals surface area (Å²) >= 11 is 5.76. The Kier molecular flexibility index (Phi) is 9.63. The van der Waals surface area contributed by atoms with Gasteiger partial charge in [-0.2, -0.15) is 8.78 Å². The second-order valence-corrected chi connectivity index (χ2v) is 10.9. The van der Waals surface area contributed by atoms with Gasteiger partial charge >= 0.3 is 35.5 Å². The molecule has 2 aromatic heterocycles. The zero-order valence-electron chi connectivity index (χ0n) is 21.9. The number of carbonyl (C=O) groups is 2. The van der Waals surface area contributed by atoms with Crippen LogP contribution in [0, 0.1) is 11.2 Å². The second-order valence-electron chi connectivity index (χ2n) is 10.5. The molecule has 8 nitrogen and oxygen atoms in total. The van der Waals surface area contributed by atoms with Crippen LogP contribution in [0.2, 0.25) is 5.02 Å². The maximum absolute atomic E-state index is 14.8. The van der Waals surface area contributed by atoms with Crippen molar-refractivity contribution in [3.8, 4) is 11.5 Å². The summed E-state index contributed by atoms with van der Waals surface area (Å²) in [5.74, 6) is -7.21. The number of carbonyl (C=O) groups excluding carboxylic acids is 2. The standard InChI is InChI=1S/C26H27ClF3N3O5.Na/c1-25(2,3)26(29,30)19-12-18(32-37-19)24-22(13-4-5-13)23(33-38-24)14(6-9-21(35)36)10-20(34)31-17-8-7-15(27)11-16(17)28;/h7-8,11-14H,4-6,9-10H2,1-3H3,(H,31,34)(H,35,36);/q;+1/p-1/t14-;/m0./s1. The molecule has 1 amide bonds. The number of rotatable bonds is 10. The van der Waals surface area contributed by atoms with Crippen molar-refractivity contribution in [2.75, 3.05) is 5.32 Å². The van der Waals surface area contributed by atoms with E-state index in [9.17, 15) is 27.9 Å². The third-order valence-corrected chi connectivity index (χ3v) is 6.69. The fourth-order valence-electron chi connectivity index (χ4n) is 4.10. The van der Waals surface area contributed by atoms with E-state index in [1.165, 1.54) is 32.9 Å². The Hall–Kier alpha value is -2.34. The van der Waals surface area contributed by atoms with Gasteiger partial charge in [0.2, 0.25) is 11.7 Å². The SMILES string of the molecule is CC(C)(C)C(F)(F)c1cc(-c2onc([C@@H](CCC(=O)[O-])CC(=O)Nc3ccc(Cl)cc3F)c2C2CC2)no1.[Na+]. The second kappa shape index (κ2) is 12.0. The summed E-state index contributed by atoms with van der Waals surface area (Å²) in [4.78, 5) is 24.0. The number of amides is 1. The topological polar surface area (TPSA) is 121 Å². The molecule has 0 saturated heterocycles. The molecule has 0 spiro atoms. The maximum atomic E-state index is 14.8. The minimum absolute atomic E-state index is 0. The maximum Gasteiger partial charge on any atom is 1.00 e. The van der Waals surface area contributed by atoms with Crippen molar-refractivity contribution in [1.82, 2.24) is 10.3 Å². The molecule has 1 atom stereocenters. The normalized spacial score (nSPS) is 14.5. The smallest absolute Gasteiger partial charge is 0.550 e. The van der Waals surface area contributed by atoms with Crippen molar-refractivity contribution in [3.05, 3.63) is 52.1 Å². The summed E-state index contributed by atoms with van der Waals surface area (Å²) in [5.41, 5.74) is -0.602. The Morgan fingerprint density at radius 3 is 2.46 bits per heavy atom. The third kappa shape index (κ3) is 7.06. The van der Waals surface area contributed by atoms with Crippen molar-refractivity contribution in [1.29, 1.82) is 0 Å². The zero-order valence-corrected chi connectivity index (χ0v) is 24.7. The van der Waals surface area contributed by atoms with Gasteiger partial charge in [-0.15, -0.1) is 0 Å². The number of carboxylic acids is 1. The summed E-state index contributed by atoms with van der Waals surface area (Å²) in [6.07, 6.45) is 0.897. The number of anilines is 1. The number of hydrogen-bond donors (Lipinski definition) is 1. The van der Waals surface area contributed by atoms with Crippen LogP contribution in [0.25, 0.3) is 11.5 Å². The molecule has 1 aliphatic carbocycles. The van der Waals surface area contributed by atoms with Crippen LogP contribution in [0.1, 0.15) is 81.7 Å². The first-order valence-electron chi connectivity index (χ1n) is 12.1. The van der Waals surface area contributed by atoms with Crippen molar-refractivity contribution in [3.63, 3.8) is 0 Å². The van der Waals surface area contributed by atoms with Gasteiger partial charge in [0, 0.05) is 40.4 Å². The Morgan fingerprint density at radius 1 is 1.18 bits per heavy atom. The fourth-order valence-corrected chi connectivity index (χ4v) is 4.26. The quantitative estimate of drug-likeness (QED) is 0.369. The number of nitrogens with zero attached hydrogens (tertiary/aromatic N) is 2. The molecule has 204 valence electrons. The van der Waals surface area contributed by atoms with Crippen LogP contribution in [0.15, 0.2) is 33.3 Å². The molecule has 0 unspecified atom stereocenters. The van der Waals surface area contributed by atoms with Gasteiger partial charge in [-0.3, -0.25) is 4.79 Å². The average Bonchev–Trinajstić information content (AvgIpc) is 3.35. The summed E-state index contributed by atoms with van der Waals surface area (Å²) in [6.45, 7) is 4.13. The molecule has 1 aromatic carbocycles. The molecule has 1 N–H and O–H groups in total. The van der Waals surface area contributed by atoms with Crippen LogP contribution < -0.4 is 40.0 Å². The van der Waals surface area contributed by atoms with Gasteiger partial charge in [0.25, 0.3) is 0 Å². The molecule has 0 radical (unpaired) electrons. The molecular weight excluding hydrogens is 550 g/mol. The third-order valence-electron chi connectivity index (χ3n) is 6.46. The van der Waals surface area contributed by atoms with Gasteiger partial charge in [0.1, 0.15) is 5.82 Å². The largest absolute Gasteiger partial charge is 1.00 e. The number of nitrogens with one attached hydrogen (secondary N) is 1. The average molecular weight is 576 g/mol. The molecule has 1 aliphatic rings. The van der Waals surface area contributed by atoms with E-state index in [0.29, 0.717) is 11.3 Å². The Balaban J connectivity index is 0.00000420. The van der Waals surface area contributed by atoms with Crippen LogP contribution in [0.4, 0.5) is 18.9 Å². The number of benzene rings is 1. The van der Waals surface area contributed by atoms with E-state index in [1.807, 2.05) is 0 Å². The Morgan fingerprint density at radius 2 is 1.87 bits per heavy atom. The molecule has 1 fully saturated rings. The molecule has 2 heterocycles.